The standard InChI is InChI=1S/C22H23Cl2N3O/c1-16(26-22(28)10-12-27-13-11-25-15-27)21(18-4-8-20(24)9-5-18)14-17-2-6-19(23)7-3-17/h2-9,11,13,15-16,21H,10,12,14H2,1H3,(H,26,28). The molecule has 6 heteroatoms. The van der Waals surface area contributed by atoms with E-state index in [9.17, 15) is 4.79 Å². The molecule has 146 valence electrons. The number of amides is 1. The van der Waals surface area contributed by atoms with Gasteiger partial charge in [-0.25, -0.2) is 4.98 Å². The molecule has 0 aliphatic carbocycles. The molecule has 3 aromatic rings. The first-order valence-corrected chi connectivity index (χ1v) is 10.0. The van der Waals surface area contributed by atoms with E-state index in [0.717, 1.165) is 12.0 Å². The molecule has 2 atom stereocenters. The molecule has 3 rings (SSSR count). The van der Waals surface area contributed by atoms with Crippen molar-refractivity contribution in [3.05, 3.63) is 88.4 Å². The number of rotatable bonds is 8. The lowest BCUT2D eigenvalue weighted by Gasteiger charge is -2.26. The molecule has 0 saturated carbocycles. The minimum Gasteiger partial charge on any atom is -0.353 e. The van der Waals surface area contributed by atoms with Crippen LogP contribution in [-0.4, -0.2) is 21.5 Å². The molecule has 0 saturated heterocycles. The Hall–Kier alpha value is -2.30. The highest BCUT2D eigenvalue weighted by Crippen LogP contribution is 2.26. The number of nitrogens with one attached hydrogen (secondary N) is 1. The summed E-state index contributed by atoms with van der Waals surface area (Å²) < 4.78 is 1.90. The van der Waals surface area contributed by atoms with Crippen molar-refractivity contribution in [1.82, 2.24) is 14.9 Å². The van der Waals surface area contributed by atoms with E-state index in [1.54, 1.807) is 12.5 Å². The summed E-state index contributed by atoms with van der Waals surface area (Å²) in [5, 5.41) is 4.57. The van der Waals surface area contributed by atoms with Crippen molar-refractivity contribution in [3.8, 4) is 0 Å². The van der Waals surface area contributed by atoms with Crippen molar-refractivity contribution in [1.29, 1.82) is 0 Å². The fraction of sp³-hybridized carbons (Fsp3) is 0.273. The number of hydrogen-bond donors (Lipinski definition) is 1. The van der Waals surface area contributed by atoms with E-state index in [1.807, 2.05) is 66.2 Å². The molecule has 28 heavy (non-hydrogen) atoms. The number of nitrogens with zero attached hydrogens (tertiary/aromatic N) is 2. The average Bonchev–Trinajstić information content (AvgIpc) is 3.20. The van der Waals surface area contributed by atoms with Gasteiger partial charge in [-0.3, -0.25) is 4.79 Å². The quantitative estimate of drug-likeness (QED) is 0.555. The molecule has 2 aromatic carbocycles. The van der Waals surface area contributed by atoms with Gasteiger partial charge >= 0.3 is 0 Å². The molecule has 0 spiro atoms. The summed E-state index contributed by atoms with van der Waals surface area (Å²) in [6, 6.07) is 15.6. The Bertz CT molecular complexity index is 877. The van der Waals surface area contributed by atoms with Crippen molar-refractivity contribution in [2.24, 2.45) is 0 Å². The summed E-state index contributed by atoms with van der Waals surface area (Å²) >= 11 is 12.1. The van der Waals surface area contributed by atoms with Crippen molar-refractivity contribution in [2.75, 3.05) is 0 Å². The SMILES string of the molecule is CC(NC(=O)CCn1ccnc1)C(Cc1ccc(Cl)cc1)c1ccc(Cl)cc1. The van der Waals surface area contributed by atoms with Gasteiger partial charge in [0.05, 0.1) is 6.33 Å². The number of aryl methyl sites for hydroxylation is 1. The fourth-order valence-electron chi connectivity index (χ4n) is 3.24. The summed E-state index contributed by atoms with van der Waals surface area (Å²) in [6.07, 6.45) is 6.49. The van der Waals surface area contributed by atoms with E-state index in [1.165, 1.54) is 5.56 Å². The minimum atomic E-state index is -0.0351. The van der Waals surface area contributed by atoms with Crippen molar-refractivity contribution >= 4 is 29.1 Å². The van der Waals surface area contributed by atoms with Crippen LogP contribution in [0.2, 0.25) is 10.0 Å². The molecular weight excluding hydrogens is 393 g/mol. The molecule has 1 heterocycles. The molecule has 0 radical (unpaired) electrons. The van der Waals surface area contributed by atoms with Gasteiger partial charge in [0.1, 0.15) is 0 Å². The Morgan fingerprint density at radius 3 is 2.32 bits per heavy atom. The maximum absolute atomic E-state index is 12.5. The van der Waals surface area contributed by atoms with E-state index in [0.29, 0.717) is 23.0 Å². The molecule has 0 fully saturated rings. The molecule has 0 aliphatic rings. The van der Waals surface area contributed by atoms with E-state index >= 15 is 0 Å². The highest BCUT2D eigenvalue weighted by Gasteiger charge is 2.21. The first-order chi connectivity index (χ1) is 13.5. The number of carbonyl (C=O) groups is 1. The third kappa shape index (κ3) is 5.85. The van der Waals surface area contributed by atoms with Crippen LogP contribution in [0.5, 0.6) is 0 Å². The Morgan fingerprint density at radius 2 is 1.71 bits per heavy atom. The van der Waals surface area contributed by atoms with Crippen molar-refractivity contribution < 1.29 is 4.79 Å². The lowest BCUT2D eigenvalue weighted by Crippen LogP contribution is -2.38. The van der Waals surface area contributed by atoms with Crippen LogP contribution in [0.1, 0.15) is 30.4 Å². The van der Waals surface area contributed by atoms with Gasteiger partial charge in [-0.15, -0.1) is 0 Å². The van der Waals surface area contributed by atoms with Crippen LogP contribution in [0, 0.1) is 0 Å². The largest absolute Gasteiger partial charge is 0.353 e. The van der Waals surface area contributed by atoms with Gasteiger partial charge in [-0.2, -0.15) is 0 Å². The van der Waals surface area contributed by atoms with Crippen molar-refractivity contribution in [2.45, 2.75) is 38.3 Å². The van der Waals surface area contributed by atoms with Crippen LogP contribution in [0.25, 0.3) is 0 Å². The normalized spacial score (nSPS) is 13.1. The van der Waals surface area contributed by atoms with E-state index in [4.69, 9.17) is 23.2 Å². The zero-order valence-electron chi connectivity index (χ0n) is 15.7. The second-order valence-corrected chi connectivity index (χ2v) is 7.77. The molecule has 1 amide bonds. The maximum Gasteiger partial charge on any atom is 0.222 e. The molecule has 0 bridgehead atoms. The lowest BCUT2D eigenvalue weighted by atomic mass is 9.86. The molecule has 0 aliphatic heterocycles. The maximum atomic E-state index is 12.5. The lowest BCUT2D eigenvalue weighted by molar-refractivity contribution is -0.122. The fourth-order valence-corrected chi connectivity index (χ4v) is 3.50. The Labute approximate surface area is 175 Å². The zero-order valence-corrected chi connectivity index (χ0v) is 17.2. The van der Waals surface area contributed by atoms with Crippen LogP contribution < -0.4 is 5.32 Å². The van der Waals surface area contributed by atoms with Crippen LogP contribution in [0.4, 0.5) is 0 Å². The highest BCUT2D eigenvalue weighted by atomic mass is 35.5. The summed E-state index contributed by atoms with van der Waals surface area (Å²) in [5.41, 5.74) is 2.31. The first kappa shape index (κ1) is 20.4. The second kappa shape index (κ2) is 9.76. The zero-order chi connectivity index (χ0) is 19.9. The highest BCUT2D eigenvalue weighted by molar-refractivity contribution is 6.30. The predicted octanol–water partition coefficient (Wildman–Crippen LogP) is 5.11. The van der Waals surface area contributed by atoms with Gasteiger partial charge < -0.3 is 9.88 Å². The summed E-state index contributed by atoms with van der Waals surface area (Å²) in [4.78, 5) is 16.5. The first-order valence-electron chi connectivity index (χ1n) is 9.26. The number of aromatic nitrogens is 2. The van der Waals surface area contributed by atoms with E-state index in [2.05, 4.69) is 10.3 Å². The van der Waals surface area contributed by atoms with Crippen LogP contribution in [0.3, 0.4) is 0 Å². The van der Waals surface area contributed by atoms with E-state index < -0.39 is 0 Å². The number of carbonyl (C=O) groups excluding carboxylic acids is 1. The van der Waals surface area contributed by atoms with E-state index in [-0.39, 0.29) is 17.9 Å². The molecule has 1 N–H and O–H groups in total. The van der Waals surface area contributed by atoms with Crippen LogP contribution >= 0.6 is 23.2 Å². The molecule has 1 aromatic heterocycles. The third-order valence-electron chi connectivity index (χ3n) is 4.82. The molecule has 2 unspecified atom stereocenters. The Kier molecular flexibility index (Phi) is 7.12. The van der Waals surface area contributed by atoms with Gasteiger partial charge in [0, 0.05) is 47.4 Å². The van der Waals surface area contributed by atoms with Crippen molar-refractivity contribution in [3.63, 3.8) is 0 Å². The Balaban J connectivity index is 1.70. The number of hydrogen-bond acceptors (Lipinski definition) is 2. The Morgan fingerprint density at radius 1 is 1.07 bits per heavy atom. The topological polar surface area (TPSA) is 46.9 Å². The number of benzene rings is 2. The van der Waals surface area contributed by atoms with Gasteiger partial charge in [0.2, 0.25) is 5.91 Å². The minimum absolute atomic E-state index is 0.0243. The van der Waals surface area contributed by atoms with Gasteiger partial charge in [0.15, 0.2) is 0 Å². The van der Waals surface area contributed by atoms with Crippen LogP contribution in [-0.2, 0) is 17.8 Å². The summed E-state index contributed by atoms with van der Waals surface area (Å²) in [6.45, 7) is 2.66. The second-order valence-electron chi connectivity index (χ2n) is 6.90. The molecular formula is C22H23Cl2N3O. The van der Waals surface area contributed by atoms with Gasteiger partial charge in [-0.1, -0.05) is 47.5 Å². The van der Waals surface area contributed by atoms with Gasteiger partial charge in [-0.05, 0) is 48.7 Å². The number of imidazole rings is 1. The third-order valence-corrected chi connectivity index (χ3v) is 5.32. The summed E-state index contributed by atoms with van der Waals surface area (Å²) in [5.74, 6) is 0.145. The monoisotopic (exact) mass is 415 g/mol. The number of halogens is 2. The average molecular weight is 416 g/mol. The summed E-state index contributed by atoms with van der Waals surface area (Å²) in [7, 11) is 0. The van der Waals surface area contributed by atoms with Crippen LogP contribution in [0.15, 0.2) is 67.3 Å². The van der Waals surface area contributed by atoms with Gasteiger partial charge in [0.25, 0.3) is 0 Å². The molecule has 4 nitrogen and oxygen atoms in total. The predicted molar refractivity (Wildman–Crippen MR) is 114 cm³/mol. The smallest absolute Gasteiger partial charge is 0.222 e.